The van der Waals surface area contributed by atoms with E-state index in [1.807, 2.05) is 11.8 Å². The minimum atomic E-state index is -0.324. The summed E-state index contributed by atoms with van der Waals surface area (Å²) in [5, 5.41) is 6.92. The van der Waals surface area contributed by atoms with E-state index in [4.69, 9.17) is 0 Å². The van der Waals surface area contributed by atoms with Crippen molar-refractivity contribution in [2.75, 3.05) is 19.6 Å². The zero-order valence-electron chi connectivity index (χ0n) is 11.6. The molecule has 2 amide bonds. The minimum absolute atomic E-state index is 0.0719. The average molecular weight is 277 g/mol. The molecular weight excluding hydrogens is 258 g/mol. The van der Waals surface area contributed by atoms with Crippen molar-refractivity contribution in [3.05, 3.63) is 12.7 Å². The molecule has 20 heavy (non-hydrogen) atoms. The Morgan fingerprint density at radius 2 is 2.20 bits per heavy atom. The first-order chi connectivity index (χ1) is 9.60. The molecule has 1 unspecified atom stereocenters. The Balaban J connectivity index is 1.61. The van der Waals surface area contributed by atoms with Crippen molar-refractivity contribution in [1.29, 1.82) is 0 Å². The highest BCUT2D eigenvalue weighted by molar-refractivity contribution is 5.81. The van der Waals surface area contributed by atoms with Crippen molar-refractivity contribution in [2.24, 2.45) is 5.41 Å². The predicted octanol–water partition coefficient (Wildman–Crippen LogP) is -0.0322. The van der Waals surface area contributed by atoms with Crippen LogP contribution in [0.2, 0.25) is 0 Å². The Labute approximate surface area is 117 Å². The van der Waals surface area contributed by atoms with E-state index in [0.717, 1.165) is 19.4 Å². The molecule has 0 radical (unpaired) electrons. The van der Waals surface area contributed by atoms with Gasteiger partial charge in [-0.3, -0.25) is 9.59 Å². The lowest BCUT2D eigenvalue weighted by Gasteiger charge is -2.39. The number of nitrogens with zero attached hydrogens (tertiary/aromatic N) is 4. The fourth-order valence-corrected chi connectivity index (χ4v) is 3.10. The van der Waals surface area contributed by atoms with Gasteiger partial charge >= 0.3 is 0 Å². The van der Waals surface area contributed by atoms with Crippen molar-refractivity contribution >= 4 is 11.8 Å². The molecule has 108 valence electrons. The standard InChI is InChI=1S/C13H19N5O2/c1-10(18-9-14-8-16-18)12(20)17-4-2-13(3-5-17)6-11(19)15-7-13/h8-10H,2-7H2,1H3,(H,15,19). The lowest BCUT2D eigenvalue weighted by atomic mass is 9.77. The molecule has 0 aliphatic carbocycles. The molecule has 2 aliphatic heterocycles. The third-order valence-electron chi connectivity index (χ3n) is 4.52. The van der Waals surface area contributed by atoms with Crippen LogP contribution in [0.5, 0.6) is 0 Å². The van der Waals surface area contributed by atoms with E-state index < -0.39 is 0 Å². The van der Waals surface area contributed by atoms with Gasteiger partial charge < -0.3 is 10.2 Å². The molecule has 2 saturated heterocycles. The Bertz CT molecular complexity index is 505. The average Bonchev–Trinajstić information content (AvgIpc) is 3.09. The van der Waals surface area contributed by atoms with E-state index in [1.165, 1.54) is 6.33 Å². The first-order valence-electron chi connectivity index (χ1n) is 6.99. The van der Waals surface area contributed by atoms with E-state index in [-0.39, 0.29) is 23.3 Å². The molecular formula is C13H19N5O2. The molecule has 1 N–H and O–H groups in total. The smallest absolute Gasteiger partial charge is 0.247 e. The van der Waals surface area contributed by atoms with E-state index in [0.29, 0.717) is 19.5 Å². The van der Waals surface area contributed by atoms with Gasteiger partial charge in [0, 0.05) is 26.1 Å². The van der Waals surface area contributed by atoms with Crippen LogP contribution in [0, 0.1) is 5.41 Å². The van der Waals surface area contributed by atoms with Crippen LogP contribution < -0.4 is 5.32 Å². The number of carbonyl (C=O) groups excluding carboxylic acids is 2. The van der Waals surface area contributed by atoms with Crippen LogP contribution in [0.4, 0.5) is 0 Å². The van der Waals surface area contributed by atoms with Crippen LogP contribution in [0.3, 0.4) is 0 Å². The number of amides is 2. The highest BCUT2D eigenvalue weighted by Gasteiger charge is 2.42. The van der Waals surface area contributed by atoms with Gasteiger partial charge in [0.1, 0.15) is 18.7 Å². The van der Waals surface area contributed by atoms with E-state index in [9.17, 15) is 9.59 Å². The minimum Gasteiger partial charge on any atom is -0.356 e. The van der Waals surface area contributed by atoms with Crippen LogP contribution in [-0.2, 0) is 9.59 Å². The highest BCUT2D eigenvalue weighted by Crippen LogP contribution is 2.37. The van der Waals surface area contributed by atoms with Gasteiger partial charge in [0.25, 0.3) is 0 Å². The lowest BCUT2D eigenvalue weighted by Crippen LogP contribution is -2.46. The first-order valence-corrected chi connectivity index (χ1v) is 6.99. The number of rotatable bonds is 2. The zero-order chi connectivity index (χ0) is 14.2. The molecule has 0 saturated carbocycles. The second kappa shape index (κ2) is 4.88. The van der Waals surface area contributed by atoms with Crippen molar-refractivity contribution in [3.63, 3.8) is 0 Å². The number of hydrogen-bond donors (Lipinski definition) is 1. The van der Waals surface area contributed by atoms with Gasteiger partial charge in [-0.25, -0.2) is 9.67 Å². The predicted molar refractivity (Wildman–Crippen MR) is 70.6 cm³/mol. The number of nitrogens with one attached hydrogen (secondary N) is 1. The van der Waals surface area contributed by atoms with Gasteiger partial charge in [-0.15, -0.1) is 0 Å². The van der Waals surface area contributed by atoms with Crippen molar-refractivity contribution in [1.82, 2.24) is 25.0 Å². The third-order valence-corrected chi connectivity index (χ3v) is 4.52. The summed E-state index contributed by atoms with van der Waals surface area (Å²) < 4.78 is 1.58. The molecule has 1 aromatic heterocycles. The van der Waals surface area contributed by atoms with Crippen LogP contribution in [0.25, 0.3) is 0 Å². The summed E-state index contributed by atoms with van der Waals surface area (Å²) in [6, 6.07) is -0.324. The molecule has 2 aliphatic rings. The summed E-state index contributed by atoms with van der Waals surface area (Å²) in [4.78, 5) is 29.6. The quantitative estimate of drug-likeness (QED) is 0.823. The second-order valence-corrected chi connectivity index (χ2v) is 5.83. The SMILES string of the molecule is CC(C(=O)N1CCC2(CC1)CNC(=O)C2)n1cncn1. The van der Waals surface area contributed by atoms with E-state index >= 15 is 0 Å². The van der Waals surface area contributed by atoms with E-state index in [1.54, 1.807) is 11.0 Å². The van der Waals surface area contributed by atoms with Gasteiger partial charge in [-0.1, -0.05) is 0 Å². The fraction of sp³-hybridized carbons (Fsp3) is 0.692. The monoisotopic (exact) mass is 277 g/mol. The number of hydrogen-bond acceptors (Lipinski definition) is 4. The fourth-order valence-electron chi connectivity index (χ4n) is 3.10. The highest BCUT2D eigenvalue weighted by atomic mass is 16.2. The Kier molecular flexibility index (Phi) is 3.19. The number of carbonyl (C=O) groups is 2. The first kappa shape index (κ1) is 13.1. The molecule has 1 spiro atoms. The van der Waals surface area contributed by atoms with Crippen molar-refractivity contribution in [2.45, 2.75) is 32.2 Å². The maximum absolute atomic E-state index is 12.4. The summed E-state index contributed by atoms with van der Waals surface area (Å²) >= 11 is 0. The van der Waals surface area contributed by atoms with Gasteiger partial charge in [0.15, 0.2) is 0 Å². The number of aromatic nitrogens is 3. The summed E-state index contributed by atoms with van der Waals surface area (Å²) in [7, 11) is 0. The van der Waals surface area contributed by atoms with Crippen LogP contribution in [0.15, 0.2) is 12.7 Å². The summed E-state index contributed by atoms with van der Waals surface area (Å²) in [5.41, 5.74) is 0.0738. The molecule has 2 fully saturated rings. The van der Waals surface area contributed by atoms with Crippen LogP contribution >= 0.6 is 0 Å². The van der Waals surface area contributed by atoms with Crippen molar-refractivity contribution < 1.29 is 9.59 Å². The second-order valence-electron chi connectivity index (χ2n) is 5.83. The summed E-state index contributed by atoms with van der Waals surface area (Å²) in [5.74, 6) is 0.211. The Morgan fingerprint density at radius 1 is 1.45 bits per heavy atom. The van der Waals surface area contributed by atoms with Gasteiger partial charge in [0.05, 0.1) is 0 Å². The molecule has 7 nitrogen and oxygen atoms in total. The lowest BCUT2D eigenvalue weighted by molar-refractivity contribution is -0.136. The maximum Gasteiger partial charge on any atom is 0.247 e. The van der Waals surface area contributed by atoms with Gasteiger partial charge in [-0.2, -0.15) is 5.10 Å². The Hall–Kier alpha value is -1.92. The molecule has 0 aromatic carbocycles. The van der Waals surface area contributed by atoms with Crippen molar-refractivity contribution in [3.8, 4) is 0 Å². The maximum atomic E-state index is 12.4. The molecule has 0 bridgehead atoms. The topological polar surface area (TPSA) is 80.1 Å². The summed E-state index contributed by atoms with van der Waals surface area (Å²) in [6.45, 7) is 4.02. The normalized spacial score (nSPS) is 22.9. The van der Waals surface area contributed by atoms with Gasteiger partial charge in [-0.05, 0) is 25.2 Å². The zero-order valence-corrected chi connectivity index (χ0v) is 11.6. The van der Waals surface area contributed by atoms with Gasteiger partial charge in [0.2, 0.25) is 11.8 Å². The molecule has 1 atom stereocenters. The van der Waals surface area contributed by atoms with Crippen LogP contribution in [0.1, 0.15) is 32.2 Å². The van der Waals surface area contributed by atoms with Crippen LogP contribution in [-0.4, -0.2) is 51.1 Å². The van der Waals surface area contributed by atoms with E-state index in [2.05, 4.69) is 15.4 Å². The third kappa shape index (κ3) is 2.28. The largest absolute Gasteiger partial charge is 0.356 e. The summed E-state index contributed by atoms with van der Waals surface area (Å²) in [6.07, 6.45) is 5.38. The molecule has 7 heteroatoms. The molecule has 1 aromatic rings. The number of piperidine rings is 1. The molecule has 3 rings (SSSR count). The number of likely N-dealkylation sites (tertiary alicyclic amines) is 1. The Morgan fingerprint density at radius 3 is 2.75 bits per heavy atom. The molecule has 3 heterocycles.